The second kappa shape index (κ2) is 7.93. The number of hydrogen-bond acceptors (Lipinski definition) is 5. The van der Waals surface area contributed by atoms with Gasteiger partial charge in [-0.25, -0.2) is 14.8 Å². The van der Waals surface area contributed by atoms with E-state index in [-0.39, 0.29) is 12.0 Å². The number of benzene rings is 1. The molecule has 2 aromatic rings. The Labute approximate surface area is 178 Å². The van der Waals surface area contributed by atoms with Crippen LogP contribution in [-0.4, -0.2) is 27.5 Å². The highest BCUT2D eigenvalue weighted by molar-refractivity contribution is 6.37. The molecule has 150 valence electrons. The number of nitrogen functional groups attached to an aromatic ring is 1. The van der Waals surface area contributed by atoms with Gasteiger partial charge in [0, 0.05) is 16.3 Å². The molecule has 0 fully saturated rings. The number of carbonyl (C=O) groups excluding carboxylic acids is 1. The average Bonchev–Trinajstić information content (AvgIpc) is 3.06. The lowest BCUT2D eigenvalue weighted by Gasteiger charge is -2.18. The summed E-state index contributed by atoms with van der Waals surface area (Å²) in [6, 6.07) is 3.13. The summed E-state index contributed by atoms with van der Waals surface area (Å²) in [6.07, 6.45) is 6.34. The van der Waals surface area contributed by atoms with Gasteiger partial charge in [-0.05, 0) is 30.7 Å². The largest absolute Gasteiger partial charge is 0.493 e. The Kier molecular flexibility index (Phi) is 5.34. The molecule has 0 spiro atoms. The van der Waals surface area contributed by atoms with Gasteiger partial charge >= 0.3 is 6.03 Å². The summed E-state index contributed by atoms with van der Waals surface area (Å²) in [6.45, 7) is 3.17. The number of urea groups is 1. The molecule has 0 saturated carbocycles. The Morgan fingerprint density at radius 1 is 1.31 bits per heavy atom. The molecular formula is C20H19Cl2N5O2. The van der Waals surface area contributed by atoms with Crippen LogP contribution in [0.3, 0.4) is 0 Å². The summed E-state index contributed by atoms with van der Waals surface area (Å²) >= 11 is 12.7. The number of ether oxygens (including phenoxy) is 1. The van der Waals surface area contributed by atoms with Crippen molar-refractivity contribution < 1.29 is 9.53 Å². The number of nitrogens with one attached hydrogen (secondary N) is 1. The number of anilines is 1. The van der Waals surface area contributed by atoms with Crippen LogP contribution in [0.2, 0.25) is 10.0 Å². The topological polar surface area (TPSA) is 93.4 Å². The highest BCUT2D eigenvalue weighted by Crippen LogP contribution is 2.42. The van der Waals surface area contributed by atoms with E-state index < -0.39 is 0 Å². The molecule has 2 heterocycles. The van der Waals surface area contributed by atoms with Gasteiger partial charge in [0.2, 0.25) is 5.95 Å². The molecule has 0 radical (unpaired) electrons. The Balaban J connectivity index is 1.72. The number of rotatable bonds is 5. The van der Waals surface area contributed by atoms with Crippen molar-refractivity contribution in [3.8, 4) is 17.0 Å². The molecule has 1 aliphatic carbocycles. The molecule has 0 bridgehead atoms. The summed E-state index contributed by atoms with van der Waals surface area (Å²) < 4.78 is 5.87. The van der Waals surface area contributed by atoms with Gasteiger partial charge in [0.15, 0.2) is 0 Å². The van der Waals surface area contributed by atoms with E-state index in [4.69, 9.17) is 33.7 Å². The lowest BCUT2D eigenvalue weighted by atomic mass is 10.0. The van der Waals surface area contributed by atoms with Crippen LogP contribution in [0, 0.1) is 0 Å². The molecule has 9 heteroatoms. The Bertz CT molecular complexity index is 1050. The number of hydrogen-bond donors (Lipinski definition) is 2. The smallest absolute Gasteiger partial charge is 0.322 e. The summed E-state index contributed by atoms with van der Waals surface area (Å²) in [5.41, 5.74) is 9.36. The third-order valence-corrected chi connectivity index (χ3v) is 5.12. The Morgan fingerprint density at radius 3 is 2.79 bits per heavy atom. The summed E-state index contributed by atoms with van der Waals surface area (Å²) in [4.78, 5) is 23.0. The van der Waals surface area contributed by atoms with Crippen LogP contribution in [0.4, 0.5) is 10.7 Å². The van der Waals surface area contributed by atoms with Crippen LogP contribution in [-0.2, 0) is 13.1 Å². The molecule has 7 nitrogen and oxygen atoms in total. The normalized spacial score (nSPS) is 14.3. The lowest BCUT2D eigenvalue weighted by Crippen LogP contribution is -2.36. The number of carbonyl (C=O) groups is 1. The highest BCUT2D eigenvalue weighted by atomic mass is 35.5. The molecule has 1 aliphatic heterocycles. The van der Waals surface area contributed by atoms with Gasteiger partial charge in [-0.1, -0.05) is 36.2 Å². The van der Waals surface area contributed by atoms with Crippen LogP contribution in [0.25, 0.3) is 11.3 Å². The summed E-state index contributed by atoms with van der Waals surface area (Å²) in [5, 5.41) is 3.70. The van der Waals surface area contributed by atoms with Crippen LogP contribution >= 0.6 is 23.2 Å². The van der Waals surface area contributed by atoms with Gasteiger partial charge in [-0.2, -0.15) is 0 Å². The maximum atomic E-state index is 12.6. The zero-order valence-corrected chi connectivity index (χ0v) is 17.2. The fraction of sp³-hybridized carbons (Fsp3) is 0.250. The Morgan fingerprint density at radius 2 is 2.10 bits per heavy atom. The fourth-order valence-electron chi connectivity index (χ4n) is 3.21. The Hall–Kier alpha value is -2.77. The van der Waals surface area contributed by atoms with E-state index in [1.54, 1.807) is 17.0 Å². The fourth-order valence-corrected chi connectivity index (χ4v) is 3.77. The van der Waals surface area contributed by atoms with Gasteiger partial charge < -0.3 is 20.7 Å². The van der Waals surface area contributed by atoms with E-state index in [2.05, 4.69) is 15.3 Å². The number of allylic oxidation sites excluding steroid dienone is 3. The number of nitrogens with two attached hydrogens (primary N) is 1. The minimum Gasteiger partial charge on any atom is -0.493 e. The average molecular weight is 432 g/mol. The zero-order valence-electron chi connectivity index (χ0n) is 15.7. The van der Waals surface area contributed by atoms with Crippen LogP contribution in [0.5, 0.6) is 5.75 Å². The quantitative estimate of drug-likeness (QED) is 0.735. The number of halogens is 2. The van der Waals surface area contributed by atoms with E-state index in [0.717, 1.165) is 17.7 Å². The predicted molar refractivity (Wildman–Crippen MR) is 113 cm³/mol. The standard InChI is InChI=1S/C20H19Cl2N5O2/c1-2-6-29-16-8-11(21)7-14(22)17(16)18-13-9-27(10-15(13)25-19(23)26-18)20(28)24-12-4-3-5-12/h3-5,7-8H,2,6,9-10H2,1H3,(H,24,28)(H2,23,25,26). The number of fused-ring (bicyclic) bond motifs is 1. The molecule has 2 amide bonds. The molecule has 0 unspecified atom stereocenters. The van der Waals surface area contributed by atoms with Gasteiger partial charge in [0.05, 0.1) is 41.7 Å². The van der Waals surface area contributed by atoms with Crippen molar-refractivity contribution in [3.05, 3.63) is 57.4 Å². The second-order valence-corrected chi connectivity index (χ2v) is 7.58. The molecule has 0 atom stereocenters. The first kappa shape index (κ1) is 19.5. The number of amides is 2. The first-order valence-electron chi connectivity index (χ1n) is 9.18. The monoisotopic (exact) mass is 431 g/mol. The van der Waals surface area contributed by atoms with Crippen molar-refractivity contribution in [2.75, 3.05) is 12.3 Å². The van der Waals surface area contributed by atoms with Gasteiger partial charge in [0.1, 0.15) is 5.75 Å². The molecular weight excluding hydrogens is 413 g/mol. The summed E-state index contributed by atoms with van der Waals surface area (Å²) in [5.74, 6) is 0.635. The van der Waals surface area contributed by atoms with Gasteiger partial charge in [0.25, 0.3) is 0 Å². The van der Waals surface area contributed by atoms with Gasteiger partial charge in [-0.15, -0.1) is 0 Å². The number of nitrogens with zero attached hydrogens (tertiary/aromatic N) is 3. The number of aromatic nitrogens is 2. The van der Waals surface area contributed by atoms with Crippen molar-refractivity contribution in [3.63, 3.8) is 0 Å². The van der Waals surface area contributed by atoms with Crippen molar-refractivity contribution in [1.82, 2.24) is 20.2 Å². The van der Waals surface area contributed by atoms with E-state index in [1.807, 2.05) is 25.2 Å². The molecule has 1 aromatic heterocycles. The van der Waals surface area contributed by atoms with Gasteiger partial charge in [-0.3, -0.25) is 0 Å². The minimum atomic E-state index is -0.215. The van der Waals surface area contributed by atoms with E-state index in [0.29, 0.717) is 52.4 Å². The molecule has 3 N–H and O–H groups in total. The highest BCUT2D eigenvalue weighted by Gasteiger charge is 2.31. The SMILES string of the molecule is CCCOc1cc(Cl)cc(Cl)c1-c1nc(N)nc2c1CN(C(=O)NC1=CC=C1)C2. The third-order valence-electron chi connectivity index (χ3n) is 4.61. The summed E-state index contributed by atoms with van der Waals surface area (Å²) in [7, 11) is 0. The molecule has 29 heavy (non-hydrogen) atoms. The van der Waals surface area contributed by atoms with Crippen molar-refractivity contribution in [1.29, 1.82) is 0 Å². The van der Waals surface area contributed by atoms with Crippen LogP contribution in [0.1, 0.15) is 24.6 Å². The second-order valence-electron chi connectivity index (χ2n) is 6.73. The first-order chi connectivity index (χ1) is 14.0. The lowest BCUT2D eigenvalue weighted by molar-refractivity contribution is 0.201. The third kappa shape index (κ3) is 3.88. The minimum absolute atomic E-state index is 0.109. The van der Waals surface area contributed by atoms with E-state index >= 15 is 0 Å². The molecule has 0 saturated heterocycles. The maximum Gasteiger partial charge on any atom is 0.322 e. The van der Waals surface area contributed by atoms with Crippen LogP contribution in [0.15, 0.2) is 36.1 Å². The zero-order chi connectivity index (χ0) is 20.5. The maximum absolute atomic E-state index is 12.6. The first-order valence-corrected chi connectivity index (χ1v) is 9.93. The molecule has 2 aliphatic rings. The van der Waals surface area contributed by atoms with Crippen LogP contribution < -0.4 is 15.8 Å². The molecule has 4 rings (SSSR count). The molecule has 1 aromatic carbocycles. The van der Waals surface area contributed by atoms with Crippen molar-refractivity contribution in [2.24, 2.45) is 0 Å². The van der Waals surface area contributed by atoms with E-state index in [9.17, 15) is 4.79 Å². The predicted octanol–water partition coefficient (Wildman–Crippen LogP) is 4.30. The van der Waals surface area contributed by atoms with Crippen molar-refractivity contribution in [2.45, 2.75) is 26.4 Å². The van der Waals surface area contributed by atoms with E-state index in [1.165, 1.54) is 0 Å². The van der Waals surface area contributed by atoms with Crippen molar-refractivity contribution >= 4 is 35.2 Å².